The third-order valence-electron chi connectivity index (χ3n) is 5.64. The summed E-state index contributed by atoms with van der Waals surface area (Å²) in [5, 5.41) is 8.38. The van der Waals surface area contributed by atoms with E-state index in [0.717, 1.165) is 34.4 Å². The summed E-state index contributed by atoms with van der Waals surface area (Å²) in [5.74, 6) is 0. The van der Waals surface area contributed by atoms with Crippen LogP contribution >= 0.6 is 0 Å². The van der Waals surface area contributed by atoms with Crippen molar-refractivity contribution in [2.24, 2.45) is 7.05 Å². The summed E-state index contributed by atoms with van der Waals surface area (Å²) >= 11 is 0. The Balaban J connectivity index is 1.65. The van der Waals surface area contributed by atoms with Gasteiger partial charge in [0.1, 0.15) is 0 Å². The number of fused-ring (bicyclic) bond motifs is 1. The molecule has 30 heavy (non-hydrogen) atoms. The quantitative estimate of drug-likeness (QED) is 0.423. The second-order valence-electron chi connectivity index (χ2n) is 7.62. The van der Waals surface area contributed by atoms with Crippen molar-refractivity contribution in [2.45, 2.75) is 19.4 Å². The van der Waals surface area contributed by atoms with E-state index < -0.39 is 0 Å². The molecule has 5 heteroatoms. The minimum absolute atomic E-state index is 0.152. The van der Waals surface area contributed by atoms with Crippen LogP contribution in [0, 0.1) is 6.92 Å². The van der Waals surface area contributed by atoms with Crippen LogP contribution in [-0.4, -0.2) is 24.5 Å². The number of aromatic nitrogens is 5. The van der Waals surface area contributed by atoms with Crippen LogP contribution in [0.25, 0.3) is 22.3 Å². The van der Waals surface area contributed by atoms with E-state index in [9.17, 15) is 0 Å². The van der Waals surface area contributed by atoms with Crippen LogP contribution in [0.2, 0.25) is 0 Å². The Hall–Kier alpha value is -3.73. The van der Waals surface area contributed by atoms with E-state index in [4.69, 9.17) is 4.98 Å². The van der Waals surface area contributed by atoms with Gasteiger partial charge in [-0.15, -0.1) is 5.10 Å². The minimum atomic E-state index is 0.152. The monoisotopic (exact) mass is 393 g/mol. The minimum Gasteiger partial charge on any atom is -0.323 e. The SMILES string of the molecule is Cc1nnn(C)c1-c1ccc2ncn([C@@H](Cc3ccccc3)c3ccccc3)c2c1. The summed E-state index contributed by atoms with van der Waals surface area (Å²) in [5.41, 5.74) is 7.72. The van der Waals surface area contributed by atoms with Crippen molar-refractivity contribution in [1.29, 1.82) is 0 Å². The highest BCUT2D eigenvalue weighted by molar-refractivity contribution is 5.82. The number of imidazole rings is 1. The van der Waals surface area contributed by atoms with Crippen LogP contribution in [0.4, 0.5) is 0 Å². The maximum Gasteiger partial charge on any atom is 0.0964 e. The molecule has 0 bridgehead atoms. The molecule has 0 radical (unpaired) electrons. The van der Waals surface area contributed by atoms with Gasteiger partial charge in [-0.3, -0.25) is 0 Å². The lowest BCUT2D eigenvalue weighted by Gasteiger charge is -2.21. The summed E-state index contributed by atoms with van der Waals surface area (Å²) in [4.78, 5) is 4.70. The highest BCUT2D eigenvalue weighted by Gasteiger charge is 2.18. The average molecular weight is 393 g/mol. The normalized spacial score (nSPS) is 12.3. The molecule has 1 atom stereocenters. The molecule has 5 nitrogen and oxygen atoms in total. The molecule has 0 saturated heterocycles. The lowest BCUT2D eigenvalue weighted by Crippen LogP contribution is -2.13. The molecule has 0 aliphatic rings. The third kappa shape index (κ3) is 3.28. The Bertz CT molecular complexity index is 1270. The molecule has 0 unspecified atom stereocenters. The standard InChI is InChI=1S/C25H23N5/c1-18-25(29(2)28-27-18)21-13-14-22-24(16-21)30(17-26-22)23(20-11-7-4-8-12-20)15-19-9-5-3-6-10-19/h3-14,16-17,23H,15H2,1-2H3/t23-/m0/s1. The van der Waals surface area contributed by atoms with Crippen LogP contribution < -0.4 is 0 Å². The lowest BCUT2D eigenvalue weighted by molar-refractivity contribution is 0.596. The van der Waals surface area contributed by atoms with Gasteiger partial charge < -0.3 is 4.57 Å². The number of hydrogen-bond acceptors (Lipinski definition) is 3. The molecule has 0 spiro atoms. The number of rotatable bonds is 5. The van der Waals surface area contributed by atoms with Crippen molar-refractivity contribution < 1.29 is 0 Å². The molecular formula is C25H23N5. The van der Waals surface area contributed by atoms with Gasteiger partial charge in [0.25, 0.3) is 0 Å². The number of nitrogens with zero attached hydrogens (tertiary/aromatic N) is 5. The zero-order chi connectivity index (χ0) is 20.5. The molecule has 5 rings (SSSR count). The summed E-state index contributed by atoms with van der Waals surface area (Å²) in [7, 11) is 1.93. The van der Waals surface area contributed by atoms with Gasteiger partial charge in [0.15, 0.2) is 0 Å². The Kier molecular flexibility index (Phi) is 4.64. The lowest BCUT2D eigenvalue weighted by atomic mass is 9.98. The van der Waals surface area contributed by atoms with Crippen molar-refractivity contribution in [3.05, 3.63) is 102 Å². The molecule has 148 valence electrons. The fraction of sp³-hybridized carbons (Fsp3) is 0.160. The largest absolute Gasteiger partial charge is 0.323 e. The molecule has 0 N–H and O–H groups in total. The number of hydrogen-bond donors (Lipinski definition) is 0. The zero-order valence-corrected chi connectivity index (χ0v) is 17.1. The molecule has 2 aromatic heterocycles. The van der Waals surface area contributed by atoms with Gasteiger partial charge in [0, 0.05) is 12.6 Å². The van der Waals surface area contributed by atoms with Gasteiger partial charge in [-0.25, -0.2) is 9.67 Å². The number of aryl methyl sites for hydroxylation is 2. The van der Waals surface area contributed by atoms with Gasteiger partial charge in [0.2, 0.25) is 0 Å². The molecule has 5 aromatic rings. The second kappa shape index (κ2) is 7.59. The highest BCUT2D eigenvalue weighted by Crippen LogP contribution is 2.30. The van der Waals surface area contributed by atoms with Crippen molar-refractivity contribution >= 4 is 11.0 Å². The smallest absolute Gasteiger partial charge is 0.0964 e. The molecule has 0 aliphatic carbocycles. The van der Waals surface area contributed by atoms with Crippen LogP contribution in [0.5, 0.6) is 0 Å². The van der Waals surface area contributed by atoms with E-state index in [1.54, 1.807) is 0 Å². The highest BCUT2D eigenvalue weighted by atomic mass is 15.4. The van der Waals surface area contributed by atoms with E-state index in [-0.39, 0.29) is 6.04 Å². The van der Waals surface area contributed by atoms with Crippen molar-refractivity contribution in [1.82, 2.24) is 24.5 Å². The summed E-state index contributed by atoms with van der Waals surface area (Å²) < 4.78 is 4.12. The average Bonchev–Trinajstić information content (AvgIpc) is 3.35. The summed E-state index contributed by atoms with van der Waals surface area (Å²) in [6.45, 7) is 1.99. The Labute approximate surface area is 175 Å². The molecule has 0 aliphatic heterocycles. The molecular weight excluding hydrogens is 370 g/mol. The van der Waals surface area contributed by atoms with Gasteiger partial charge in [-0.1, -0.05) is 71.9 Å². The van der Waals surface area contributed by atoms with Crippen molar-refractivity contribution in [3.63, 3.8) is 0 Å². The van der Waals surface area contributed by atoms with Crippen LogP contribution in [-0.2, 0) is 13.5 Å². The first-order valence-corrected chi connectivity index (χ1v) is 10.1. The fourth-order valence-electron chi connectivity index (χ4n) is 4.17. The van der Waals surface area contributed by atoms with Gasteiger partial charge >= 0.3 is 0 Å². The van der Waals surface area contributed by atoms with E-state index in [0.29, 0.717) is 0 Å². The topological polar surface area (TPSA) is 48.5 Å². The molecule has 2 heterocycles. The van der Waals surface area contributed by atoms with Crippen LogP contribution in [0.1, 0.15) is 22.9 Å². The maximum atomic E-state index is 4.70. The first kappa shape index (κ1) is 18.3. The molecule has 0 saturated carbocycles. The Morgan fingerprint density at radius 1 is 0.900 bits per heavy atom. The predicted molar refractivity (Wildman–Crippen MR) is 119 cm³/mol. The molecule has 0 amide bonds. The summed E-state index contributed by atoms with van der Waals surface area (Å²) in [6, 6.07) is 27.8. The zero-order valence-electron chi connectivity index (χ0n) is 17.1. The number of benzene rings is 3. The Morgan fingerprint density at radius 3 is 2.33 bits per heavy atom. The van der Waals surface area contributed by atoms with E-state index in [1.807, 2.05) is 25.0 Å². The fourth-order valence-corrected chi connectivity index (χ4v) is 4.17. The molecule has 3 aromatic carbocycles. The summed E-state index contributed by atoms with van der Waals surface area (Å²) in [6.07, 6.45) is 2.86. The molecule has 0 fully saturated rings. The van der Waals surface area contributed by atoms with E-state index in [2.05, 4.69) is 93.7 Å². The van der Waals surface area contributed by atoms with Gasteiger partial charge in [-0.05, 0) is 36.6 Å². The van der Waals surface area contributed by atoms with Crippen molar-refractivity contribution in [2.75, 3.05) is 0 Å². The predicted octanol–water partition coefficient (Wildman–Crippen LogP) is 4.97. The van der Waals surface area contributed by atoms with Crippen LogP contribution in [0.3, 0.4) is 0 Å². The first-order chi connectivity index (χ1) is 14.7. The first-order valence-electron chi connectivity index (χ1n) is 10.1. The second-order valence-corrected chi connectivity index (χ2v) is 7.62. The van der Waals surface area contributed by atoms with Gasteiger partial charge in [-0.2, -0.15) is 0 Å². The van der Waals surface area contributed by atoms with Crippen molar-refractivity contribution in [3.8, 4) is 11.3 Å². The van der Waals surface area contributed by atoms with Gasteiger partial charge in [0.05, 0.1) is 34.8 Å². The Morgan fingerprint density at radius 2 is 1.63 bits per heavy atom. The third-order valence-corrected chi connectivity index (χ3v) is 5.64. The van der Waals surface area contributed by atoms with E-state index >= 15 is 0 Å². The van der Waals surface area contributed by atoms with Crippen LogP contribution in [0.15, 0.2) is 85.2 Å². The maximum absolute atomic E-state index is 4.70. The van der Waals surface area contributed by atoms with E-state index in [1.165, 1.54) is 11.1 Å².